The van der Waals surface area contributed by atoms with Crippen molar-refractivity contribution in [2.45, 2.75) is 25.8 Å². The Labute approximate surface area is 130 Å². The van der Waals surface area contributed by atoms with Crippen molar-refractivity contribution in [1.82, 2.24) is 9.88 Å². The lowest BCUT2D eigenvalue weighted by Crippen LogP contribution is -2.40. The summed E-state index contributed by atoms with van der Waals surface area (Å²) in [6.07, 6.45) is 2.12. The smallest absolute Gasteiger partial charge is 0.161 e. The quantitative estimate of drug-likeness (QED) is 0.663. The van der Waals surface area contributed by atoms with Gasteiger partial charge in [0, 0.05) is 19.1 Å². The largest absolute Gasteiger partial charge is 0.351 e. The van der Waals surface area contributed by atoms with Gasteiger partial charge in [-0.25, -0.2) is 10.8 Å². The predicted octanol–water partition coefficient (Wildman–Crippen LogP) is 2.59. The van der Waals surface area contributed by atoms with Crippen LogP contribution < -0.4 is 16.2 Å². The molecular formula is C13H21Cl2N5. The Kier molecular flexibility index (Phi) is 5.32. The van der Waals surface area contributed by atoms with E-state index < -0.39 is 0 Å². The molecule has 1 aromatic rings. The minimum atomic E-state index is 0.388. The highest BCUT2D eigenvalue weighted by atomic mass is 35.5. The molecule has 2 heterocycles. The summed E-state index contributed by atoms with van der Waals surface area (Å²) in [6, 6.07) is 2.08. The van der Waals surface area contributed by atoms with Crippen LogP contribution in [0.2, 0.25) is 10.0 Å². The highest BCUT2D eigenvalue weighted by Gasteiger charge is 2.25. The Morgan fingerprint density at radius 1 is 1.40 bits per heavy atom. The van der Waals surface area contributed by atoms with E-state index in [4.69, 9.17) is 29.0 Å². The van der Waals surface area contributed by atoms with E-state index >= 15 is 0 Å². The summed E-state index contributed by atoms with van der Waals surface area (Å²) < 4.78 is 0. The van der Waals surface area contributed by atoms with E-state index in [0.29, 0.717) is 21.9 Å². The molecule has 0 saturated carbocycles. The Bertz CT molecular complexity index is 468. The molecule has 1 aliphatic heterocycles. The van der Waals surface area contributed by atoms with Crippen molar-refractivity contribution in [2.75, 3.05) is 37.0 Å². The van der Waals surface area contributed by atoms with Crippen molar-refractivity contribution in [3.8, 4) is 0 Å². The zero-order valence-corrected chi connectivity index (χ0v) is 13.4. The van der Waals surface area contributed by atoms with E-state index in [2.05, 4.69) is 34.2 Å². The van der Waals surface area contributed by atoms with Crippen LogP contribution in [0, 0.1) is 0 Å². The van der Waals surface area contributed by atoms with Gasteiger partial charge in [-0.15, -0.1) is 0 Å². The standard InChI is InChI=1S/C13H21Cl2N5/c1-3-9-8-19(2)5-4-6-20(9)13-11(15)7-10(14)12(17-13)18-16/h7,9H,3-6,8,16H2,1-2H3,(H,17,18). The summed E-state index contributed by atoms with van der Waals surface area (Å²) in [5.41, 5.74) is 2.52. The Balaban J connectivity index is 2.37. The van der Waals surface area contributed by atoms with Crippen molar-refractivity contribution >= 4 is 34.8 Å². The third-order valence-electron chi connectivity index (χ3n) is 3.69. The number of hydrogen-bond acceptors (Lipinski definition) is 5. The number of hydrogen-bond donors (Lipinski definition) is 2. The van der Waals surface area contributed by atoms with Crippen LogP contribution in [0.1, 0.15) is 19.8 Å². The predicted molar refractivity (Wildman–Crippen MR) is 85.6 cm³/mol. The first-order valence-electron chi connectivity index (χ1n) is 6.84. The molecule has 0 aliphatic carbocycles. The molecule has 0 spiro atoms. The van der Waals surface area contributed by atoms with Crippen LogP contribution in [0.3, 0.4) is 0 Å². The maximum Gasteiger partial charge on any atom is 0.161 e. The fourth-order valence-corrected chi connectivity index (χ4v) is 3.15. The molecule has 0 amide bonds. The monoisotopic (exact) mass is 317 g/mol. The van der Waals surface area contributed by atoms with Gasteiger partial charge in [0.15, 0.2) is 5.82 Å². The lowest BCUT2D eigenvalue weighted by atomic mass is 10.2. The van der Waals surface area contributed by atoms with E-state index in [1.165, 1.54) is 0 Å². The normalized spacial score (nSPS) is 20.9. The number of nitrogen functional groups attached to an aromatic ring is 1. The number of aromatic nitrogens is 1. The van der Waals surface area contributed by atoms with Gasteiger partial charge in [0.25, 0.3) is 0 Å². The molecule has 3 N–H and O–H groups in total. The Morgan fingerprint density at radius 3 is 2.80 bits per heavy atom. The van der Waals surface area contributed by atoms with Crippen LogP contribution in [0.15, 0.2) is 6.07 Å². The van der Waals surface area contributed by atoms with Crippen LogP contribution in [0.25, 0.3) is 0 Å². The van der Waals surface area contributed by atoms with Gasteiger partial charge in [0.05, 0.1) is 10.0 Å². The number of likely N-dealkylation sites (N-methyl/N-ethyl adjacent to an activating group) is 1. The molecule has 0 radical (unpaired) electrons. The molecule has 7 heteroatoms. The summed E-state index contributed by atoms with van der Waals surface area (Å²) >= 11 is 12.4. The fraction of sp³-hybridized carbons (Fsp3) is 0.615. The van der Waals surface area contributed by atoms with Gasteiger partial charge in [0.2, 0.25) is 0 Å². The second kappa shape index (κ2) is 6.80. The van der Waals surface area contributed by atoms with Gasteiger partial charge in [0.1, 0.15) is 5.82 Å². The molecule has 2 rings (SSSR count). The van der Waals surface area contributed by atoms with Crippen molar-refractivity contribution in [3.05, 3.63) is 16.1 Å². The fourth-order valence-electron chi connectivity index (χ4n) is 2.63. The topological polar surface area (TPSA) is 57.4 Å². The molecule has 5 nitrogen and oxygen atoms in total. The summed E-state index contributed by atoms with van der Waals surface area (Å²) in [7, 11) is 2.15. The Morgan fingerprint density at radius 2 is 2.15 bits per heavy atom. The van der Waals surface area contributed by atoms with Crippen LogP contribution >= 0.6 is 23.2 Å². The molecule has 1 aliphatic rings. The summed E-state index contributed by atoms with van der Waals surface area (Å²) in [5.74, 6) is 6.67. The summed E-state index contributed by atoms with van der Waals surface area (Å²) in [6.45, 7) is 5.20. The molecular weight excluding hydrogens is 297 g/mol. The molecule has 112 valence electrons. The Hall–Kier alpha value is -0.750. The zero-order valence-electron chi connectivity index (χ0n) is 11.9. The highest BCUT2D eigenvalue weighted by molar-refractivity contribution is 6.37. The van der Waals surface area contributed by atoms with E-state index in [1.54, 1.807) is 6.07 Å². The molecule has 1 atom stereocenters. The van der Waals surface area contributed by atoms with Gasteiger partial charge < -0.3 is 15.2 Å². The summed E-state index contributed by atoms with van der Waals surface area (Å²) in [5, 5.41) is 0.998. The van der Waals surface area contributed by atoms with Gasteiger partial charge in [-0.2, -0.15) is 0 Å². The van der Waals surface area contributed by atoms with Gasteiger partial charge >= 0.3 is 0 Å². The molecule has 20 heavy (non-hydrogen) atoms. The zero-order chi connectivity index (χ0) is 14.7. The minimum absolute atomic E-state index is 0.388. The maximum absolute atomic E-state index is 6.33. The SMILES string of the molecule is CCC1CN(C)CCCN1c1nc(NN)c(Cl)cc1Cl. The highest BCUT2D eigenvalue weighted by Crippen LogP contribution is 2.33. The molecule has 1 saturated heterocycles. The number of nitrogens with two attached hydrogens (primary N) is 1. The van der Waals surface area contributed by atoms with Crippen LogP contribution in [-0.4, -0.2) is 42.6 Å². The second-order valence-corrected chi connectivity index (χ2v) is 5.95. The van der Waals surface area contributed by atoms with Crippen LogP contribution in [0.5, 0.6) is 0 Å². The van der Waals surface area contributed by atoms with Crippen molar-refractivity contribution in [3.63, 3.8) is 0 Å². The van der Waals surface area contributed by atoms with E-state index in [-0.39, 0.29) is 0 Å². The third kappa shape index (κ3) is 3.28. The van der Waals surface area contributed by atoms with E-state index in [0.717, 1.165) is 38.3 Å². The molecule has 1 fully saturated rings. The van der Waals surface area contributed by atoms with Crippen LogP contribution in [0.4, 0.5) is 11.6 Å². The first kappa shape index (κ1) is 15.6. The number of rotatable bonds is 3. The van der Waals surface area contributed by atoms with Crippen molar-refractivity contribution in [1.29, 1.82) is 0 Å². The molecule has 1 unspecified atom stereocenters. The lowest BCUT2D eigenvalue weighted by Gasteiger charge is -2.32. The van der Waals surface area contributed by atoms with E-state index in [1.807, 2.05) is 0 Å². The second-order valence-electron chi connectivity index (χ2n) is 5.14. The van der Waals surface area contributed by atoms with Crippen molar-refractivity contribution in [2.24, 2.45) is 5.84 Å². The van der Waals surface area contributed by atoms with Crippen molar-refractivity contribution < 1.29 is 0 Å². The van der Waals surface area contributed by atoms with Gasteiger partial charge in [-0.05, 0) is 32.5 Å². The minimum Gasteiger partial charge on any atom is -0.351 e. The van der Waals surface area contributed by atoms with Gasteiger partial charge in [-0.1, -0.05) is 30.1 Å². The number of halogens is 2. The van der Waals surface area contributed by atoms with E-state index in [9.17, 15) is 0 Å². The number of nitrogens with one attached hydrogen (secondary N) is 1. The van der Waals surface area contributed by atoms with Crippen LogP contribution in [-0.2, 0) is 0 Å². The number of anilines is 2. The lowest BCUT2D eigenvalue weighted by molar-refractivity contribution is 0.327. The van der Waals surface area contributed by atoms with Gasteiger partial charge in [-0.3, -0.25) is 0 Å². The maximum atomic E-state index is 6.33. The molecule has 0 aromatic carbocycles. The average molecular weight is 318 g/mol. The average Bonchev–Trinajstić information content (AvgIpc) is 2.60. The molecule has 0 bridgehead atoms. The first-order chi connectivity index (χ1) is 9.56. The summed E-state index contributed by atoms with van der Waals surface area (Å²) in [4.78, 5) is 9.10. The third-order valence-corrected chi connectivity index (χ3v) is 4.26. The first-order valence-corrected chi connectivity index (χ1v) is 7.60. The number of pyridine rings is 1. The number of nitrogens with zero attached hydrogens (tertiary/aromatic N) is 3. The molecule has 1 aromatic heterocycles. The number of hydrazine groups is 1.